The van der Waals surface area contributed by atoms with Crippen molar-refractivity contribution in [3.8, 4) is 5.75 Å². The summed E-state index contributed by atoms with van der Waals surface area (Å²) in [4.78, 5) is 23.2. The van der Waals surface area contributed by atoms with Crippen molar-refractivity contribution in [3.05, 3.63) is 28.8 Å². The molecule has 2 N–H and O–H groups in total. The highest BCUT2D eigenvalue weighted by Gasteiger charge is 2.31. The SMILES string of the molecule is CCOc1cc(Cl)ccc1C(=O)N[C@H]1CC[C@@H](C(=O)O)C1. The van der Waals surface area contributed by atoms with E-state index in [9.17, 15) is 9.59 Å². The van der Waals surface area contributed by atoms with Crippen molar-refractivity contribution in [3.63, 3.8) is 0 Å². The molecule has 0 saturated heterocycles. The lowest BCUT2D eigenvalue weighted by atomic mass is 10.1. The van der Waals surface area contributed by atoms with E-state index in [4.69, 9.17) is 21.4 Å². The molecule has 114 valence electrons. The summed E-state index contributed by atoms with van der Waals surface area (Å²) in [5.41, 5.74) is 0.417. The van der Waals surface area contributed by atoms with Gasteiger partial charge in [-0.15, -0.1) is 0 Å². The Hall–Kier alpha value is -1.75. The number of carbonyl (C=O) groups is 2. The van der Waals surface area contributed by atoms with Crippen molar-refractivity contribution in [2.24, 2.45) is 5.92 Å². The third-order valence-corrected chi connectivity index (χ3v) is 3.84. The summed E-state index contributed by atoms with van der Waals surface area (Å²) < 4.78 is 5.42. The molecule has 1 aromatic carbocycles. The van der Waals surface area contributed by atoms with Crippen molar-refractivity contribution in [1.29, 1.82) is 0 Å². The number of ether oxygens (including phenoxy) is 1. The fourth-order valence-electron chi connectivity index (χ4n) is 2.56. The third kappa shape index (κ3) is 3.88. The third-order valence-electron chi connectivity index (χ3n) is 3.61. The number of carbonyl (C=O) groups excluding carboxylic acids is 1. The van der Waals surface area contributed by atoms with Gasteiger partial charge in [0.2, 0.25) is 0 Å². The Morgan fingerprint density at radius 1 is 1.43 bits per heavy atom. The van der Waals surface area contributed by atoms with Gasteiger partial charge in [-0.2, -0.15) is 0 Å². The Balaban J connectivity index is 2.05. The zero-order valence-electron chi connectivity index (χ0n) is 11.8. The maximum atomic E-state index is 12.3. The van der Waals surface area contributed by atoms with Crippen LogP contribution in [0.3, 0.4) is 0 Å². The lowest BCUT2D eigenvalue weighted by Crippen LogP contribution is -2.33. The van der Waals surface area contributed by atoms with Gasteiger partial charge in [-0.3, -0.25) is 9.59 Å². The highest BCUT2D eigenvalue weighted by atomic mass is 35.5. The number of rotatable bonds is 5. The molecule has 1 saturated carbocycles. The van der Waals surface area contributed by atoms with Crippen LogP contribution in [-0.2, 0) is 4.79 Å². The topological polar surface area (TPSA) is 75.6 Å². The second kappa shape index (κ2) is 6.80. The Labute approximate surface area is 128 Å². The van der Waals surface area contributed by atoms with Gasteiger partial charge in [0.05, 0.1) is 18.1 Å². The van der Waals surface area contributed by atoms with E-state index in [1.807, 2.05) is 6.92 Å². The molecule has 1 aromatic rings. The predicted molar refractivity (Wildman–Crippen MR) is 78.9 cm³/mol. The lowest BCUT2D eigenvalue weighted by Gasteiger charge is -2.15. The number of nitrogens with one attached hydrogen (secondary N) is 1. The molecule has 0 bridgehead atoms. The van der Waals surface area contributed by atoms with Crippen LogP contribution >= 0.6 is 11.6 Å². The fraction of sp³-hybridized carbons (Fsp3) is 0.467. The summed E-state index contributed by atoms with van der Waals surface area (Å²) in [7, 11) is 0. The van der Waals surface area contributed by atoms with Crippen LogP contribution in [0.4, 0.5) is 0 Å². The monoisotopic (exact) mass is 311 g/mol. The van der Waals surface area contributed by atoms with Gasteiger partial charge in [0, 0.05) is 11.1 Å². The van der Waals surface area contributed by atoms with Crippen molar-refractivity contribution in [1.82, 2.24) is 5.32 Å². The van der Waals surface area contributed by atoms with Crippen LogP contribution in [0.2, 0.25) is 5.02 Å². The molecule has 1 fully saturated rings. The van der Waals surface area contributed by atoms with Gasteiger partial charge in [0.1, 0.15) is 5.75 Å². The minimum absolute atomic E-state index is 0.108. The number of carboxylic acids is 1. The molecule has 1 aliphatic rings. The van der Waals surface area contributed by atoms with Gasteiger partial charge in [0.25, 0.3) is 5.91 Å². The molecule has 2 rings (SSSR count). The van der Waals surface area contributed by atoms with Gasteiger partial charge >= 0.3 is 5.97 Å². The summed E-state index contributed by atoms with van der Waals surface area (Å²) in [5, 5.41) is 12.4. The summed E-state index contributed by atoms with van der Waals surface area (Å²) in [6.07, 6.45) is 1.75. The molecule has 2 atom stereocenters. The summed E-state index contributed by atoms with van der Waals surface area (Å²) >= 11 is 5.90. The number of amides is 1. The van der Waals surface area contributed by atoms with E-state index in [-0.39, 0.29) is 17.9 Å². The van der Waals surface area contributed by atoms with E-state index in [1.54, 1.807) is 18.2 Å². The van der Waals surface area contributed by atoms with Crippen molar-refractivity contribution < 1.29 is 19.4 Å². The van der Waals surface area contributed by atoms with Crippen LogP contribution in [0.5, 0.6) is 5.75 Å². The Morgan fingerprint density at radius 2 is 2.19 bits per heavy atom. The normalized spacial score (nSPS) is 21.0. The molecule has 6 heteroatoms. The molecule has 1 aliphatic carbocycles. The highest BCUT2D eigenvalue weighted by Crippen LogP contribution is 2.27. The zero-order valence-corrected chi connectivity index (χ0v) is 12.5. The predicted octanol–water partition coefficient (Wildman–Crippen LogP) is 2.72. The molecule has 0 aliphatic heterocycles. The minimum atomic E-state index is -0.798. The molecule has 0 radical (unpaired) electrons. The smallest absolute Gasteiger partial charge is 0.306 e. The van der Waals surface area contributed by atoms with Crippen LogP contribution < -0.4 is 10.1 Å². The summed E-state index contributed by atoms with van der Waals surface area (Å²) in [6.45, 7) is 2.27. The maximum Gasteiger partial charge on any atom is 0.306 e. The van der Waals surface area contributed by atoms with Gasteiger partial charge in [-0.05, 0) is 44.4 Å². The molecule has 21 heavy (non-hydrogen) atoms. The van der Waals surface area contributed by atoms with E-state index in [0.29, 0.717) is 42.2 Å². The molecular formula is C15H18ClNO4. The van der Waals surface area contributed by atoms with E-state index >= 15 is 0 Å². The summed E-state index contributed by atoms with van der Waals surface area (Å²) in [5.74, 6) is -0.985. The van der Waals surface area contributed by atoms with Crippen LogP contribution in [0.15, 0.2) is 18.2 Å². The zero-order chi connectivity index (χ0) is 15.4. The maximum absolute atomic E-state index is 12.3. The second-order valence-corrected chi connectivity index (χ2v) is 5.53. The van der Waals surface area contributed by atoms with E-state index < -0.39 is 5.97 Å². The second-order valence-electron chi connectivity index (χ2n) is 5.09. The van der Waals surface area contributed by atoms with Crippen molar-refractivity contribution >= 4 is 23.5 Å². The first kappa shape index (κ1) is 15.6. The average molecular weight is 312 g/mol. The van der Waals surface area contributed by atoms with Crippen LogP contribution in [0.1, 0.15) is 36.5 Å². The molecule has 0 spiro atoms. The lowest BCUT2D eigenvalue weighted by molar-refractivity contribution is -0.141. The quantitative estimate of drug-likeness (QED) is 0.876. The van der Waals surface area contributed by atoms with Crippen molar-refractivity contribution in [2.45, 2.75) is 32.2 Å². The molecule has 0 unspecified atom stereocenters. The number of benzene rings is 1. The van der Waals surface area contributed by atoms with E-state index in [0.717, 1.165) is 0 Å². The largest absolute Gasteiger partial charge is 0.493 e. The molecule has 1 amide bonds. The van der Waals surface area contributed by atoms with E-state index in [2.05, 4.69) is 5.32 Å². The standard InChI is InChI=1S/C15H18ClNO4/c1-2-21-13-8-10(16)4-6-12(13)14(18)17-11-5-3-9(7-11)15(19)20/h4,6,8-9,11H,2-3,5,7H2,1H3,(H,17,18)(H,19,20)/t9-,11+/m1/s1. The first-order valence-corrected chi connectivity index (χ1v) is 7.35. The Bertz CT molecular complexity index is 546. The molecular weight excluding hydrogens is 294 g/mol. The highest BCUT2D eigenvalue weighted by molar-refractivity contribution is 6.30. The fourth-order valence-corrected chi connectivity index (χ4v) is 2.72. The summed E-state index contributed by atoms with van der Waals surface area (Å²) in [6, 6.07) is 4.75. The van der Waals surface area contributed by atoms with Crippen LogP contribution in [-0.4, -0.2) is 29.6 Å². The molecule has 0 aromatic heterocycles. The Kier molecular flexibility index (Phi) is 5.07. The van der Waals surface area contributed by atoms with Gasteiger partial charge < -0.3 is 15.2 Å². The Morgan fingerprint density at radius 3 is 2.81 bits per heavy atom. The number of aliphatic carboxylic acids is 1. The van der Waals surface area contributed by atoms with Crippen LogP contribution in [0, 0.1) is 5.92 Å². The number of hydrogen-bond donors (Lipinski definition) is 2. The first-order chi connectivity index (χ1) is 10.0. The average Bonchev–Trinajstić information content (AvgIpc) is 2.88. The molecule has 0 heterocycles. The number of halogens is 1. The van der Waals surface area contributed by atoms with Crippen LogP contribution in [0.25, 0.3) is 0 Å². The number of hydrogen-bond acceptors (Lipinski definition) is 3. The van der Waals surface area contributed by atoms with Gasteiger partial charge in [-0.25, -0.2) is 0 Å². The van der Waals surface area contributed by atoms with Crippen molar-refractivity contribution in [2.75, 3.05) is 6.61 Å². The number of carboxylic acid groups (broad SMARTS) is 1. The van der Waals surface area contributed by atoms with E-state index in [1.165, 1.54) is 0 Å². The van der Waals surface area contributed by atoms with Gasteiger partial charge in [-0.1, -0.05) is 11.6 Å². The first-order valence-electron chi connectivity index (χ1n) is 6.97. The molecule has 5 nitrogen and oxygen atoms in total. The minimum Gasteiger partial charge on any atom is -0.493 e. The van der Waals surface area contributed by atoms with Gasteiger partial charge in [0.15, 0.2) is 0 Å².